The molecule has 25 heavy (non-hydrogen) atoms. The summed E-state index contributed by atoms with van der Waals surface area (Å²) in [5.41, 5.74) is 0.481. The molecule has 0 spiro atoms. The van der Waals surface area contributed by atoms with Crippen molar-refractivity contribution < 1.29 is 18.7 Å². The maximum atomic E-state index is 12.7. The number of ether oxygens (including phenoxy) is 1. The molecule has 1 aliphatic heterocycles. The topological polar surface area (TPSA) is 71.8 Å². The molecule has 1 aliphatic rings. The number of nitrogens with one attached hydrogen (secondary N) is 1. The second kappa shape index (κ2) is 7.14. The number of hydrogen-bond donors (Lipinski definition) is 1. The highest BCUT2D eigenvalue weighted by molar-refractivity contribution is 7.80. The van der Waals surface area contributed by atoms with Gasteiger partial charge in [-0.1, -0.05) is 12.1 Å². The first-order chi connectivity index (χ1) is 12.1. The summed E-state index contributed by atoms with van der Waals surface area (Å²) in [7, 11) is 1.53. The highest BCUT2D eigenvalue weighted by atomic mass is 32.1. The quantitative estimate of drug-likeness (QED) is 0.519. The van der Waals surface area contributed by atoms with Gasteiger partial charge in [0, 0.05) is 6.07 Å². The van der Waals surface area contributed by atoms with Gasteiger partial charge in [-0.2, -0.15) is 0 Å². The summed E-state index contributed by atoms with van der Waals surface area (Å²) in [5, 5.41) is 2.54. The van der Waals surface area contributed by atoms with Gasteiger partial charge in [0.05, 0.1) is 19.1 Å². The molecule has 1 aromatic heterocycles. The van der Waals surface area contributed by atoms with Crippen LogP contribution in [0.15, 0.2) is 64.8 Å². The number of benzene rings is 1. The largest absolute Gasteiger partial charge is 0.497 e. The lowest BCUT2D eigenvalue weighted by Gasteiger charge is -2.28. The van der Waals surface area contributed by atoms with Crippen molar-refractivity contribution in [2.75, 3.05) is 12.0 Å². The molecule has 0 bridgehead atoms. The van der Waals surface area contributed by atoms with E-state index < -0.39 is 11.8 Å². The molecule has 3 rings (SSSR count). The Hall–Kier alpha value is -3.19. The van der Waals surface area contributed by atoms with E-state index in [-0.39, 0.29) is 10.7 Å². The maximum absolute atomic E-state index is 12.7. The number of rotatable bonds is 4. The number of furan rings is 1. The van der Waals surface area contributed by atoms with Gasteiger partial charge >= 0.3 is 0 Å². The van der Waals surface area contributed by atoms with Gasteiger partial charge in [0.15, 0.2) is 5.11 Å². The average molecular weight is 354 g/mol. The zero-order chi connectivity index (χ0) is 17.8. The van der Waals surface area contributed by atoms with Crippen LogP contribution in [0.2, 0.25) is 0 Å². The normalized spacial score (nSPS) is 16.6. The molecule has 0 aliphatic carbocycles. The Labute approximate surface area is 149 Å². The second-order valence-corrected chi connectivity index (χ2v) is 5.44. The molecule has 0 atom stereocenters. The van der Waals surface area contributed by atoms with E-state index in [2.05, 4.69) is 5.32 Å². The highest BCUT2D eigenvalue weighted by Gasteiger charge is 2.34. The lowest BCUT2D eigenvalue weighted by atomic mass is 10.1. The molecule has 1 aromatic carbocycles. The number of carbonyl (C=O) groups excluding carboxylic acids is 2. The SMILES string of the molecule is COc1cccc(N2C(=O)/C(=C\C=C\c3ccco3)C(=O)NC2=S)c1. The number of amides is 2. The highest BCUT2D eigenvalue weighted by Crippen LogP contribution is 2.24. The van der Waals surface area contributed by atoms with Gasteiger partial charge < -0.3 is 9.15 Å². The molecule has 0 radical (unpaired) electrons. The van der Waals surface area contributed by atoms with E-state index in [0.717, 1.165) is 0 Å². The van der Waals surface area contributed by atoms with E-state index >= 15 is 0 Å². The predicted molar refractivity (Wildman–Crippen MR) is 97.0 cm³/mol. The van der Waals surface area contributed by atoms with Gasteiger partial charge in [-0.15, -0.1) is 0 Å². The number of hydrogen-bond acceptors (Lipinski definition) is 5. The van der Waals surface area contributed by atoms with Crippen molar-refractivity contribution in [2.45, 2.75) is 0 Å². The third-order valence-electron chi connectivity index (χ3n) is 3.48. The Morgan fingerprint density at radius 1 is 1.24 bits per heavy atom. The molecule has 0 saturated carbocycles. The lowest BCUT2D eigenvalue weighted by molar-refractivity contribution is -0.122. The molecule has 0 unspecified atom stereocenters. The molecule has 6 nitrogen and oxygen atoms in total. The molecule has 126 valence electrons. The van der Waals surface area contributed by atoms with Gasteiger partial charge in [-0.3, -0.25) is 19.8 Å². The van der Waals surface area contributed by atoms with E-state index in [1.54, 1.807) is 48.6 Å². The first-order valence-electron chi connectivity index (χ1n) is 7.36. The fourth-order valence-electron chi connectivity index (χ4n) is 2.29. The van der Waals surface area contributed by atoms with Crippen molar-refractivity contribution in [1.29, 1.82) is 0 Å². The Kier molecular flexibility index (Phi) is 4.76. The molecule has 2 amide bonds. The standard InChI is InChI=1S/C18H14N2O4S/c1-23-14-7-2-5-12(11-14)20-17(22)15(16(21)19-18(20)25)9-3-6-13-8-4-10-24-13/h2-11H,1H3,(H,19,21,25)/b6-3+,15-9-. The molecule has 2 heterocycles. The van der Waals surface area contributed by atoms with E-state index in [9.17, 15) is 9.59 Å². The van der Waals surface area contributed by atoms with Crippen molar-refractivity contribution in [2.24, 2.45) is 0 Å². The number of nitrogens with zero attached hydrogens (tertiary/aromatic N) is 1. The molecular formula is C18H14N2O4S. The average Bonchev–Trinajstić information content (AvgIpc) is 3.11. The fourth-order valence-corrected chi connectivity index (χ4v) is 2.57. The zero-order valence-electron chi connectivity index (χ0n) is 13.3. The number of allylic oxidation sites excluding steroid dienone is 2. The van der Waals surface area contributed by atoms with Crippen LogP contribution in [-0.4, -0.2) is 24.0 Å². The molecule has 1 N–H and O–H groups in total. The van der Waals surface area contributed by atoms with E-state index in [1.165, 1.54) is 24.3 Å². The van der Waals surface area contributed by atoms with Crippen molar-refractivity contribution in [1.82, 2.24) is 5.32 Å². The smallest absolute Gasteiger partial charge is 0.270 e. The van der Waals surface area contributed by atoms with Crippen molar-refractivity contribution in [3.8, 4) is 5.75 Å². The fraction of sp³-hybridized carbons (Fsp3) is 0.0556. The first kappa shape index (κ1) is 16.7. The Morgan fingerprint density at radius 2 is 2.08 bits per heavy atom. The Bertz CT molecular complexity index is 884. The van der Waals surface area contributed by atoms with Crippen LogP contribution in [-0.2, 0) is 9.59 Å². The van der Waals surface area contributed by atoms with Crippen molar-refractivity contribution in [3.05, 3.63) is 66.1 Å². The van der Waals surface area contributed by atoms with E-state index in [4.69, 9.17) is 21.4 Å². The minimum Gasteiger partial charge on any atom is -0.497 e. The molecule has 2 aromatic rings. The monoisotopic (exact) mass is 354 g/mol. The summed E-state index contributed by atoms with van der Waals surface area (Å²) in [4.78, 5) is 26.1. The van der Waals surface area contributed by atoms with Crippen LogP contribution < -0.4 is 15.0 Å². The van der Waals surface area contributed by atoms with Crippen LogP contribution in [0.25, 0.3) is 6.08 Å². The number of carbonyl (C=O) groups is 2. The van der Waals surface area contributed by atoms with Gasteiger partial charge in [0.1, 0.15) is 17.1 Å². The predicted octanol–water partition coefficient (Wildman–Crippen LogP) is 2.68. The van der Waals surface area contributed by atoms with Crippen LogP contribution in [0.5, 0.6) is 5.75 Å². The summed E-state index contributed by atoms with van der Waals surface area (Å²) in [6.45, 7) is 0. The summed E-state index contributed by atoms with van der Waals surface area (Å²) in [6.07, 6.45) is 6.18. The third-order valence-corrected chi connectivity index (χ3v) is 3.76. The Morgan fingerprint density at radius 3 is 2.80 bits per heavy atom. The zero-order valence-corrected chi connectivity index (χ0v) is 14.1. The molecule has 1 fully saturated rings. The van der Waals surface area contributed by atoms with Gasteiger partial charge in [0.25, 0.3) is 11.8 Å². The van der Waals surface area contributed by atoms with Crippen molar-refractivity contribution >= 4 is 40.9 Å². The third kappa shape index (κ3) is 3.51. The van der Waals surface area contributed by atoms with Crippen LogP contribution in [0.1, 0.15) is 5.76 Å². The van der Waals surface area contributed by atoms with E-state index in [0.29, 0.717) is 17.2 Å². The first-order valence-corrected chi connectivity index (χ1v) is 7.76. The van der Waals surface area contributed by atoms with Crippen LogP contribution >= 0.6 is 12.2 Å². The summed E-state index contributed by atoms with van der Waals surface area (Å²) >= 11 is 5.15. The summed E-state index contributed by atoms with van der Waals surface area (Å²) in [5.74, 6) is 0.137. The minimum atomic E-state index is -0.543. The van der Waals surface area contributed by atoms with Gasteiger partial charge in [0.2, 0.25) is 0 Å². The molecular weight excluding hydrogens is 340 g/mol. The summed E-state index contributed by atoms with van der Waals surface area (Å²) < 4.78 is 10.3. The van der Waals surface area contributed by atoms with Gasteiger partial charge in [-0.05, 0) is 48.6 Å². The Balaban J connectivity index is 1.91. The maximum Gasteiger partial charge on any atom is 0.270 e. The molecule has 1 saturated heterocycles. The number of anilines is 1. The lowest BCUT2D eigenvalue weighted by Crippen LogP contribution is -2.54. The summed E-state index contributed by atoms with van der Waals surface area (Å²) in [6, 6.07) is 10.4. The molecule has 7 heteroatoms. The van der Waals surface area contributed by atoms with E-state index in [1.807, 2.05) is 0 Å². The van der Waals surface area contributed by atoms with Gasteiger partial charge in [-0.25, -0.2) is 0 Å². The second-order valence-electron chi connectivity index (χ2n) is 5.06. The number of methoxy groups -OCH3 is 1. The minimum absolute atomic E-state index is 0.0235. The van der Waals surface area contributed by atoms with Crippen LogP contribution in [0, 0.1) is 0 Å². The number of thiocarbonyl (C=S) groups is 1. The van der Waals surface area contributed by atoms with Crippen LogP contribution in [0.3, 0.4) is 0 Å². The van der Waals surface area contributed by atoms with Crippen LogP contribution in [0.4, 0.5) is 5.69 Å². The van der Waals surface area contributed by atoms with Crippen molar-refractivity contribution in [3.63, 3.8) is 0 Å².